The lowest BCUT2D eigenvalue weighted by Crippen LogP contribution is -2.17. The number of hydrogen-bond acceptors (Lipinski definition) is 5. The molecule has 0 saturated carbocycles. The lowest BCUT2D eigenvalue weighted by Gasteiger charge is -2.09. The zero-order chi connectivity index (χ0) is 16.2. The van der Waals surface area contributed by atoms with E-state index in [2.05, 4.69) is 8.86 Å². The van der Waals surface area contributed by atoms with Crippen LogP contribution in [0.25, 0.3) is 0 Å². The van der Waals surface area contributed by atoms with Gasteiger partial charge in [0.25, 0.3) is 0 Å². The predicted octanol–water partition coefficient (Wildman–Crippen LogP) is 2.77. The third-order valence-corrected chi connectivity index (χ3v) is 5.56. The monoisotopic (exact) mass is 337 g/mol. The van der Waals surface area contributed by atoms with Gasteiger partial charge in [-0.1, -0.05) is 29.8 Å². The molecule has 0 atom stereocenters. The molecule has 22 heavy (non-hydrogen) atoms. The Morgan fingerprint density at radius 1 is 1.09 bits per heavy atom. The fourth-order valence-electron chi connectivity index (χ4n) is 1.70. The van der Waals surface area contributed by atoms with Crippen molar-refractivity contribution in [3.05, 3.63) is 59.7 Å². The molecule has 0 amide bonds. The highest BCUT2D eigenvalue weighted by Crippen LogP contribution is 2.23. The summed E-state index contributed by atoms with van der Waals surface area (Å²) in [6.07, 6.45) is 0. The summed E-state index contributed by atoms with van der Waals surface area (Å²) in [6, 6.07) is 13.1. The third kappa shape index (κ3) is 3.88. The summed E-state index contributed by atoms with van der Waals surface area (Å²) in [5, 5.41) is 0. The van der Waals surface area contributed by atoms with Crippen LogP contribution in [-0.2, 0) is 14.8 Å². The molecule has 2 aromatic rings. The van der Waals surface area contributed by atoms with Crippen LogP contribution in [0.15, 0.2) is 58.3 Å². The minimum absolute atomic E-state index is 0.168. The van der Waals surface area contributed by atoms with E-state index in [-0.39, 0.29) is 4.90 Å². The zero-order valence-corrected chi connectivity index (χ0v) is 13.7. The highest BCUT2D eigenvalue weighted by atomic mass is 32.3. The highest BCUT2D eigenvalue weighted by molar-refractivity contribution is 8.09. The molecule has 0 aliphatic heterocycles. The van der Waals surface area contributed by atoms with Crippen LogP contribution in [0.1, 0.15) is 15.9 Å². The maximum Gasteiger partial charge on any atom is 0.339 e. The first-order valence-electron chi connectivity index (χ1n) is 6.37. The molecular formula is C15H15NO4S2. The quantitative estimate of drug-likeness (QED) is 0.671. The number of carbonyl (C=O) groups is 1. The van der Waals surface area contributed by atoms with E-state index in [9.17, 15) is 13.2 Å². The van der Waals surface area contributed by atoms with Gasteiger partial charge in [0.1, 0.15) is 0 Å². The smallest absolute Gasteiger partial charge is 0.339 e. The van der Waals surface area contributed by atoms with Gasteiger partial charge in [-0.2, -0.15) is 0 Å². The SMILES string of the molecule is COC(=O)c1ccccc1SNS(=O)(=O)c1ccc(C)cc1. The second-order valence-corrected chi connectivity index (χ2v) is 7.28. The Labute approximate surface area is 133 Å². The van der Waals surface area contributed by atoms with E-state index in [1.54, 1.807) is 36.4 Å². The summed E-state index contributed by atoms with van der Waals surface area (Å²) in [5.41, 5.74) is 1.28. The Morgan fingerprint density at radius 3 is 2.36 bits per heavy atom. The minimum Gasteiger partial charge on any atom is -0.465 e. The lowest BCUT2D eigenvalue weighted by atomic mass is 10.2. The van der Waals surface area contributed by atoms with Gasteiger partial charge in [0, 0.05) is 4.90 Å². The van der Waals surface area contributed by atoms with E-state index < -0.39 is 16.0 Å². The van der Waals surface area contributed by atoms with Crippen molar-refractivity contribution in [3.63, 3.8) is 0 Å². The number of nitrogens with one attached hydrogen (secondary N) is 1. The van der Waals surface area contributed by atoms with Gasteiger partial charge in [0.2, 0.25) is 10.0 Å². The molecule has 0 aliphatic carbocycles. The Morgan fingerprint density at radius 2 is 1.73 bits per heavy atom. The highest BCUT2D eigenvalue weighted by Gasteiger charge is 2.17. The average Bonchev–Trinajstić information content (AvgIpc) is 2.53. The molecule has 2 rings (SSSR count). The van der Waals surface area contributed by atoms with Crippen LogP contribution < -0.4 is 4.13 Å². The van der Waals surface area contributed by atoms with Crippen molar-refractivity contribution in [1.29, 1.82) is 0 Å². The van der Waals surface area contributed by atoms with Gasteiger partial charge in [0.05, 0.1) is 17.6 Å². The van der Waals surface area contributed by atoms with Gasteiger partial charge in [-0.15, -0.1) is 4.13 Å². The number of methoxy groups -OCH3 is 1. The van der Waals surface area contributed by atoms with Crippen molar-refractivity contribution in [3.8, 4) is 0 Å². The molecule has 0 bridgehead atoms. The van der Waals surface area contributed by atoms with Gasteiger partial charge in [-0.3, -0.25) is 0 Å². The van der Waals surface area contributed by atoms with Crippen LogP contribution in [0, 0.1) is 6.92 Å². The maximum atomic E-state index is 12.2. The van der Waals surface area contributed by atoms with E-state index in [4.69, 9.17) is 0 Å². The molecule has 1 N–H and O–H groups in total. The Kier molecular flexibility index (Phi) is 5.23. The van der Waals surface area contributed by atoms with Gasteiger partial charge < -0.3 is 4.74 Å². The summed E-state index contributed by atoms with van der Waals surface area (Å²) in [4.78, 5) is 12.3. The second-order valence-electron chi connectivity index (χ2n) is 4.49. The van der Waals surface area contributed by atoms with E-state index >= 15 is 0 Å². The van der Waals surface area contributed by atoms with E-state index in [0.717, 1.165) is 17.5 Å². The number of aryl methyl sites for hydroxylation is 1. The normalized spacial score (nSPS) is 11.2. The van der Waals surface area contributed by atoms with Crippen LogP contribution in [0.4, 0.5) is 0 Å². The van der Waals surface area contributed by atoms with E-state index in [1.807, 2.05) is 6.92 Å². The maximum absolute atomic E-state index is 12.2. The summed E-state index contributed by atoms with van der Waals surface area (Å²) in [5.74, 6) is -0.516. The van der Waals surface area contributed by atoms with Crippen LogP contribution in [0.3, 0.4) is 0 Å². The largest absolute Gasteiger partial charge is 0.465 e. The number of hydrogen-bond donors (Lipinski definition) is 1. The lowest BCUT2D eigenvalue weighted by molar-refractivity contribution is 0.0596. The van der Waals surface area contributed by atoms with Crippen molar-refractivity contribution >= 4 is 27.9 Å². The van der Waals surface area contributed by atoms with Crippen molar-refractivity contribution in [2.24, 2.45) is 0 Å². The summed E-state index contributed by atoms with van der Waals surface area (Å²) in [6.45, 7) is 1.88. The van der Waals surface area contributed by atoms with Crippen molar-refractivity contribution in [1.82, 2.24) is 4.13 Å². The molecule has 5 nitrogen and oxygen atoms in total. The first-order chi connectivity index (χ1) is 10.4. The van der Waals surface area contributed by atoms with Crippen molar-refractivity contribution < 1.29 is 17.9 Å². The molecule has 0 heterocycles. The molecule has 116 valence electrons. The molecule has 0 spiro atoms. The Bertz CT molecular complexity index is 770. The van der Waals surface area contributed by atoms with Crippen LogP contribution in [-0.4, -0.2) is 21.5 Å². The first-order valence-corrected chi connectivity index (χ1v) is 8.66. The van der Waals surface area contributed by atoms with Crippen LogP contribution in [0.2, 0.25) is 0 Å². The molecule has 0 aromatic heterocycles. The summed E-state index contributed by atoms with van der Waals surface area (Å²) >= 11 is 0.858. The molecule has 0 unspecified atom stereocenters. The number of ether oxygens (including phenoxy) is 1. The van der Waals surface area contributed by atoms with Gasteiger partial charge in [-0.25, -0.2) is 13.2 Å². The molecule has 0 saturated heterocycles. The third-order valence-electron chi connectivity index (χ3n) is 2.88. The molecule has 7 heteroatoms. The Balaban J connectivity index is 2.19. The van der Waals surface area contributed by atoms with Crippen molar-refractivity contribution in [2.45, 2.75) is 16.7 Å². The standard InChI is InChI=1S/C15H15NO4S2/c1-11-7-9-12(10-8-11)22(18,19)16-21-14-6-4-3-5-13(14)15(17)20-2/h3-10,16H,1-2H3. The second kappa shape index (κ2) is 6.95. The van der Waals surface area contributed by atoms with Crippen LogP contribution in [0.5, 0.6) is 0 Å². The Hall–Kier alpha value is -1.83. The predicted molar refractivity (Wildman–Crippen MR) is 85.1 cm³/mol. The molecule has 0 radical (unpaired) electrons. The number of esters is 1. The molecule has 0 fully saturated rings. The van der Waals surface area contributed by atoms with Gasteiger partial charge >= 0.3 is 5.97 Å². The van der Waals surface area contributed by atoms with Gasteiger partial charge in [0.15, 0.2) is 0 Å². The zero-order valence-electron chi connectivity index (χ0n) is 12.1. The molecule has 2 aromatic carbocycles. The van der Waals surface area contributed by atoms with Gasteiger partial charge in [-0.05, 0) is 43.1 Å². The molecular weight excluding hydrogens is 322 g/mol. The fourth-order valence-corrected chi connectivity index (χ4v) is 3.78. The van der Waals surface area contributed by atoms with E-state index in [1.165, 1.54) is 19.2 Å². The minimum atomic E-state index is -3.66. The first kappa shape index (κ1) is 16.5. The molecule has 0 aliphatic rings. The van der Waals surface area contributed by atoms with E-state index in [0.29, 0.717) is 10.5 Å². The summed E-state index contributed by atoms with van der Waals surface area (Å²) in [7, 11) is -2.39. The van der Waals surface area contributed by atoms with Crippen molar-refractivity contribution in [2.75, 3.05) is 7.11 Å². The average molecular weight is 337 g/mol. The fraction of sp³-hybridized carbons (Fsp3) is 0.133. The number of carbonyl (C=O) groups excluding carboxylic acids is 1. The van der Waals surface area contributed by atoms with Crippen LogP contribution >= 0.6 is 11.9 Å². The topological polar surface area (TPSA) is 72.5 Å². The summed E-state index contributed by atoms with van der Waals surface area (Å²) < 4.78 is 31.5. The number of sulfonamides is 1. The number of benzene rings is 2. The number of rotatable bonds is 5.